The summed E-state index contributed by atoms with van der Waals surface area (Å²) in [6, 6.07) is 12.5. The number of benzene rings is 2. The van der Waals surface area contributed by atoms with Gasteiger partial charge >= 0.3 is 12.4 Å². The second kappa shape index (κ2) is 7.13. The highest BCUT2D eigenvalue weighted by Crippen LogP contribution is 2.53. The number of thiophene rings is 2. The smallest absolute Gasteiger partial charge is 0.166 e. The maximum Gasteiger partial charge on any atom is 0.417 e. The molecule has 0 radical (unpaired) electrons. The molecule has 0 bridgehead atoms. The lowest BCUT2D eigenvalue weighted by atomic mass is 9.90. The molecule has 0 aliphatic heterocycles. The average Bonchev–Trinajstić information content (AvgIpc) is 3.13. The van der Waals surface area contributed by atoms with Crippen molar-refractivity contribution >= 4 is 54.0 Å². The summed E-state index contributed by atoms with van der Waals surface area (Å²) < 4.78 is 87.1. The first-order chi connectivity index (χ1) is 14.0. The zero-order valence-corrected chi connectivity index (χ0v) is 17.3. The van der Waals surface area contributed by atoms with Gasteiger partial charge in [0.15, 0.2) is 0 Å². The van der Waals surface area contributed by atoms with Crippen LogP contribution in [0.25, 0.3) is 31.3 Å². The number of rotatable bonds is 2. The van der Waals surface area contributed by atoms with E-state index in [2.05, 4.69) is 0 Å². The van der Waals surface area contributed by atoms with Crippen LogP contribution in [-0.2, 0) is 0 Å². The van der Waals surface area contributed by atoms with Crippen molar-refractivity contribution in [2.45, 2.75) is 26.2 Å². The van der Waals surface area contributed by atoms with E-state index < -0.39 is 34.6 Å². The predicted octanol–water partition coefficient (Wildman–Crippen LogP) is 8.77. The molecule has 2 aromatic carbocycles. The maximum absolute atomic E-state index is 14.3. The van der Waals surface area contributed by atoms with E-state index >= 15 is 0 Å². The summed E-state index contributed by atoms with van der Waals surface area (Å²) in [5, 5.41) is 0.345. The minimum atomic E-state index is -5.20. The van der Waals surface area contributed by atoms with E-state index in [4.69, 9.17) is 0 Å². The van der Waals surface area contributed by atoms with Crippen molar-refractivity contribution < 1.29 is 26.3 Å². The van der Waals surface area contributed by atoms with Crippen LogP contribution in [-0.4, -0.2) is 12.4 Å². The average molecular weight is 456 g/mol. The van der Waals surface area contributed by atoms with Crippen molar-refractivity contribution in [2.75, 3.05) is 0 Å². The predicted molar refractivity (Wildman–Crippen MR) is 112 cm³/mol. The van der Waals surface area contributed by atoms with Crippen molar-refractivity contribution in [3.05, 3.63) is 69.4 Å². The Kier molecular flexibility index (Phi) is 4.97. The largest absolute Gasteiger partial charge is 0.417 e. The summed E-state index contributed by atoms with van der Waals surface area (Å²) in [5.41, 5.74) is -4.05. The van der Waals surface area contributed by atoms with E-state index in [9.17, 15) is 26.3 Å². The Morgan fingerprint density at radius 1 is 0.600 bits per heavy atom. The summed E-state index contributed by atoms with van der Waals surface area (Å²) in [7, 11) is 0. The fraction of sp³-hybridized carbons (Fsp3) is 0.182. The van der Waals surface area contributed by atoms with Gasteiger partial charge in [-0.2, -0.15) is 26.3 Å². The Balaban J connectivity index is 2.23. The van der Waals surface area contributed by atoms with Crippen LogP contribution in [0.4, 0.5) is 26.3 Å². The molecule has 0 N–H and O–H groups in total. The Bertz CT molecular complexity index is 1180. The van der Waals surface area contributed by atoms with Crippen LogP contribution in [0.3, 0.4) is 0 Å². The third kappa shape index (κ3) is 3.41. The van der Waals surface area contributed by atoms with Crippen molar-refractivity contribution in [1.82, 2.24) is 0 Å². The van der Waals surface area contributed by atoms with Crippen LogP contribution >= 0.6 is 22.7 Å². The summed E-state index contributed by atoms with van der Waals surface area (Å²) in [6.45, 7) is 2.86. The highest BCUT2D eigenvalue weighted by atomic mass is 32.1. The number of hydrogen-bond acceptors (Lipinski definition) is 2. The molecule has 2 aromatic heterocycles. The van der Waals surface area contributed by atoms with E-state index in [1.165, 1.54) is 38.1 Å². The molecule has 0 atom stereocenters. The summed E-state index contributed by atoms with van der Waals surface area (Å²) >= 11 is 2.11. The highest BCUT2D eigenvalue weighted by molar-refractivity contribution is 7.19. The van der Waals surface area contributed by atoms with Gasteiger partial charge in [-0.25, -0.2) is 0 Å². The zero-order valence-electron chi connectivity index (χ0n) is 15.7. The molecule has 0 saturated carbocycles. The van der Waals surface area contributed by atoms with Crippen molar-refractivity contribution in [3.63, 3.8) is 0 Å². The molecule has 0 saturated heterocycles. The van der Waals surface area contributed by atoms with Crippen LogP contribution in [0.2, 0.25) is 0 Å². The first-order valence-corrected chi connectivity index (χ1v) is 10.5. The molecule has 0 aliphatic rings. The molecular formula is C22H14F6S2. The first-order valence-electron chi connectivity index (χ1n) is 8.86. The van der Waals surface area contributed by atoms with Gasteiger partial charge in [0.1, 0.15) is 0 Å². The van der Waals surface area contributed by atoms with Gasteiger partial charge in [-0.15, -0.1) is 22.7 Å². The minimum absolute atomic E-state index is 0.172. The Morgan fingerprint density at radius 3 is 1.27 bits per heavy atom. The van der Waals surface area contributed by atoms with Gasteiger partial charge in [0, 0.05) is 41.1 Å². The number of halogens is 6. The summed E-state index contributed by atoms with van der Waals surface area (Å²) in [4.78, 5) is 0.393. The molecular weight excluding hydrogens is 442 g/mol. The van der Waals surface area contributed by atoms with Gasteiger partial charge < -0.3 is 0 Å². The van der Waals surface area contributed by atoms with E-state index in [1.54, 1.807) is 24.3 Å². The first kappa shape index (κ1) is 20.9. The lowest BCUT2D eigenvalue weighted by Gasteiger charge is -2.21. The second-order valence-electron chi connectivity index (χ2n) is 6.80. The third-order valence-electron chi connectivity index (χ3n) is 4.86. The number of fused-ring (bicyclic) bond motifs is 2. The number of alkyl halides is 6. The molecule has 8 heteroatoms. The van der Waals surface area contributed by atoms with Gasteiger partial charge in [0.25, 0.3) is 0 Å². The van der Waals surface area contributed by atoms with E-state index in [0.29, 0.717) is 9.40 Å². The normalized spacial score (nSPS) is 13.9. The van der Waals surface area contributed by atoms with Crippen molar-refractivity contribution in [2.24, 2.45) is 0 Å². The lowest BCUT2D eigenvalue weighted by Crippen LogP contribution is -2.21. The van der Waals surface area contributed by atoms with Crippen LogP contribution < -0.4 is 0 Å². The second-order valence-corrected chi connectivity index (χ2v) is 9.32. The molecule has 4 rings (SSSR count). The Labute approximate surface area is 176 Å². The molecule has 2 heterocycles. The van der Waals surface area contributed by atoms with Gasteiger partial charge in [0.05, 0.1) is 11.1 Å². The van der Waals surface area contributed by atoms with Gasteiger partial charge in [-0.3, -0.25) is 0 Å². The standard InChI is InChI=1S/C22H14F6S2/c1-11-17(13-7-3-5-9-15(13)29-11)19(21(23,24)25)20(22(26,27)28)18-12(2)30-16-10-6-4-8-14(16)18/h3-10H,1-2H3. The fourth-order valence-corrected chi connectivity index (χ4v) is 5.92. The fourth-order valence-electron chi connectivity index (χ4n) is 3.77. The molecule has 0 unspecified atom stereocenters. The molecule has 156 valence electrons. The quantitative estimate of drug-likeness (QED) is 0.265. The van der Waals surface area contributed by atoms with Crippen LogP contribution in [0.5, 0.6) is 0 Å². The topological polar surface area (TPSA) is 0 Å². The zero-order chi connectivity index (χ0) is 21.8. The van der Waals surface area contributed by atoms with Crippen molar-refractivity contribution in [3.8, 4) is 0 Å². The summed E-state index contributed by atoms with van der Waals surface area (Å²) in [5.74, 6) is 0. The van der Waals surface area contributed by atoms with E-state index in [0.717, 1.165) is 22.7 Å². The van der Waals surface area contributed by atoms with Crippen LogP contribution in [0, 0.1) is 13.8 Å². The maximum atomic E-state index is 14.3. The molecule has 0 spiro atoms. The molecule has 0 fully saturated rings. The van der Waals surface area contributed by atoms with Gasteiger partial charge in [-0.1, -0.05) is 36.4 Å². The number of allylic oxidation sites excluding steroid dienone is 2. The molecule has 4 aromatic rings. The lowest BCUT2D eigenvalue weighted by molar-refractivity contribution is -0.0827. The van der Waals surface area contributed by atoms with Gasteiger partial charge in [-0.05, 0) is 26.0 Å². The Morgan fingerprint density at radius 2 is 0.933 bits per heavy atom. The Hall–Kier alpha value is -2.32. The summed E-state index contributed by atoms with van der Waals surface area (Å²) in [6.07, 6.45) is -10.4. The van der Waals surface area contributed by atoms with E-state index in [1.807, 2.05) is 0 Å². The molecule has 0 aliphatic carbocycles. The van der Waals surface area contributed by atoms with E-state index in [-0.39, 0.29) is 20.5 Å². The molecule has 30 heavy (non-hydrogen) atoms. The molecule has 0 amide bonds. The number of hydrogen-bond donors (Lipinski definition) is 0. The van der Waals surface area contributed by atoms with Crippen molar-refractivity contribution in [1.29, 1.82) is 0 Å². The minimum Gasteiger partial charge on any atom is -0.166 e. The highest BCUT2D eigenvalue weighted by Gasteiger charge is 2.49. The molecule has 0 nitrogen and oxygen atoms in total. The van der Waals surface area contributed by atoms with Crippen LogP contribution in [0.15, 0.2) is 48.5 Å². The third-order valence-corrected chi connectivity index (χ3v) is 7.03. The van der Waals surface area contributed by atoms with Crippen LogP contribution in [0.1, 0.15) is 20.9 Å². The SMILES string of the molecule is Cc1sc2ccccc2c1C(=C(c1c(C)sc2ccccc12)C(F)(F)F)C(F)(F)F. The monoisotopic (exact) mass is 456 g/mol. The number of aryl methyl sites for hydroxylation is 2. The van der Waals surface area contributed by atoms with Gasteiger partial charge in [0.2, 0.25) is 0 Å².